The fourth-order valence-electron chi connectivity index (χ4n) is 1.25. The average Bonchev–Trinajstić information content (AvgIpc) is 2.45. The highest BCUT2D eigenvalue weighted by Crippen LogP contribution is 2.20. The van der Waals surface area contributed by atoms with E-state index in [4.69, 9.17) is 40.0 Å². The Kier molecular flexibility index (Phi) is 18.9. The molecule has 1 heterocycles. The molecule has 1 aliphatic heterocycles. The number of carbonyl (C=O) groups is 4. The first kappa shape index (κ1) is 27.0. The summed E-state index contributed by atoms with van der Waals surface area (Å²) >= 11 is 0. The topological polar surface area (TPSA) is 196 Å². The zero-order valence-electron chi connectivity index (χ0n) is 14.4. The summed E-state index contributed by atoms with van der Waals surface area (Å²) < 4.78 is 9.70. The van der Waals surface area contributed by atoms with Crippen LogP contribution in [-0.2, 0) is 28.7 Å². The number of methoxy groups -OCH3 is 1. The molecule has 0 radical (unpaired) electrons. The summed E-state index contributed by atoms with van der Waals surface area (Å²) in [5, 5.41) is 25.7. The summed E-state index contributed by atoms with van der Waals surface area (Å²) in [7, 11) is 1.31. The minimum absolute atomic E-state index is 0.405. The Morgan fingerprint density at radius 1 is 1.04 bits per heavy atom. The molecule has 1 fully saturated rings. The molecule has 0 unspecified atom stereocenters. The van der Waals surface area contributed by atoms with Crippen LogP contribution in [0.2, 0.25) is 0 Å². The van der Waals surface area contributed by atoms with Gasteiger partial charge in [0.05, 0.1) is 7.11 Å². The van der Waals surface area contributed by atoms with Crippen LogP contribution in [0.25, 0.3) is 10.4 Å². The summed E-state index contributed by atoms with van der Waals surface area (Å²) in [6.45, 7) is 3.25. The highest BCUT2D eigenvalue weighted by Gasteiger charge is 2.27. The molecule has 1 rings (SSSR count). The van der Waals surface area contributed by atoms with E-state index in [1.807, 2.05) is 0 Å². The summed E-state index contributed by atoms with van der Waals surface area (Å²) in [5.41, 5.74) is 8.16. The second-order valence-electron chi connectivity index (χ2n) is 4.30. The van der Waals surface area contributed by atoms with E-state index in [1.54, 1.807) is 0 Å². The van der Waals surface area contributed by atoms with Gasteiger partial charge in [0.15, 0.2) is 6.10 Å². The van der Waals surface area contributed by atoms with Gasteiger partial charge in [0, 0.05) is 25.7 Å². The third kappa shape index (κ3) is 29.7. The normalized spacial score (nSPS) is 17.3. The first-order valence-electron chi connectivity index (χ1n) is 6.83. The zero-order valence-corrected chi connectivity index (χ0v) is 14.4. The summed E-state index contributed by atoms with van der Waals surface area (Å²) in [4.78, 5) is 40.7. The first-order valence-corrected chi connectivity index (χ1v) is 6.83. The maximum Gasteiger partial charge on any atom is 0.334 e. The van der Waals surface area contributed by atoms with Gasteiger partial charge in [-0.1, -0.05) is 5.11 Å². The lowest BCUT2D eigenvalue weighted by Gasteiger charge is -2.24. The number of esters is 1. The minimum atomic E-state index is -0.833. The van der Waals surface area contributed by atoms with E-state index in [0.717, 1.165) is 27.2 Å². The molecule has 0 spiro atoms. The van der Waals surface area contributed by atoms with Gasteiger partial charge < -0.3 is 24.8 Å². The number of ether oxygens (including phenoxy) is 2. The number of rotatable bonds is 2. The van der Waals surface area contributed by atoms with Gasteiger partial charge in [-0.25, -0.2) is 4.79 Å². The molecule has 0 aromatic rings. The molecule has 0 aliphatic carbocycles. The van der Waals surface area contributed by atoms with E-state index in [1.165, 1.54) is 7.11 Å². The largest absolute Gasteiger partial charge is 0.481 e. The van der Waals surface area contributed by atoms with Gasteiger partial charge in [0.1, 0.15) is 6.23 Å². The molecule has 2 atom stereocenters. The molecule has 0 bridgehead atoms. The van der Waals surface area contributed by atoms with Crippen LogP contribution >= 0.6 is 0 Å². The Morgan fingerprint density at radius 3 is 1.76 bits per heavy atom. The predicted octanol–water partition coefficient (Wildman–Crippen LogP) is 1.64. The first-order chi connectivity index (χ1) is 11.5. The second-order valence-corrected chi connectivity index (χ2v) is 4.30. The number of hydrogen-bond acceptors (Lipinski definition) is 7. The highest BCUT2D eigenvalue weighted by molar-refractivity contribution is 5.74. The fraction of sp³-hybridized carbons (Fsp3) is 0.692. The minimum Gasteiger partial charge on any atom is -0.481 e. The highest BCUT2D eigenvalue weighted by atomic mass is 16.6. The third-order valence-electron chi connectivity index (χ3n) is 1.88. The van der Waals surface area contributed by atoms with E-state index < -0.39 is 36.2 Å². The molecule has 3 N–H and O–H groups in total. The summed E-state index contributed by atoms with van der Waals surface area (Å²) in [5.74, 6) is -2.90. The van der Waals surface area contributed by atoms with Crippen molar-refractivity contribution < 1.29 is 44.0 Å². The molecule has 12 nitrogen and oxygen atoms in total. The number of aliphatic carboxylic acids is 3. The third-order valence-corrected chi connectivity index (χ3v) is 1.88. The van der Waals surface area contributed by atoms with Crippen molar-refractivity contribution in [2.45, 2.75) is 52.4 Å². The predicted molar refractivity (Wildman–Crippen MR) is 83.6 cm³/mol. The molecular weight excluding hydrogens is 342 g/mol. The number of azide groups is 1. The Labute approximate surface area is 144 Å². The molecule has 0 aromatic carbocycles. The van der Waals surface area contributed by atoms with Crippen LogP contribution in [0.5, 0.6) is 0 Å². The van der Waals surface area contributed by atoms with Gasteiger partial charge >= 0.3 is 5.97 Å². The van der Waals surface area contributed by atoms with Crippen LogP contribution < -0.4 is 0 Å². The number of carboxylic acids is 3. The number of carboxylic acid groups (broad SMARTS) is 3. The molecule has 144 valence electrons. The van der Waals surface area contributed by atoms with Gasteiger partial charge in [-0.15, -0.1) is 0 Å². The molecule has 0 aromatic heterocycles. The van der Waals surface area contributed by atoms with Crippen molar-refractivity contribution in [1.29, 1.82) is 0 Å². The molecular formula is C13H23N3O9. The van der Waals surface area contributed by atoms with Gasteiger partial charge in [0.2, 0.25) is 0 Å². The fourth-order valence-corrected chi connectivity index (χ4v) is 1.25. The van der Waals surface area contributed by atoms with Crippen molar-refractivity contribution in [1.82, 2.24) is 0 Å². The second kappa shape index (κ2) is 17.5. The Hall–Kier alpha value is -2.85. The Balaban J connectivity index is -0.000000333. The molecule has 0 saturated carbocycles. The van der Waals surface area contributed by atoms with E-state index in [-0.39, 0.29) is 0 Å². The lowest BCUT2D eigenvalue weighted by Crippen LogP contribution is -2.33. The smallest absolute Gasteiger partial charge is 0.334 e. The maximum absolute atomic E-state index is 11.0. The van der Waals surface area contributed by atoms with Gasteiger partial charge in [-0.3, -0.25) is 14.4 Å². The van der Waals surface area contributed by atoms with Crippen molar-refractivity contribution in [2.24, 2.45) is 5.11 Å². The number of carbonyl (C=O) groups excluding carboxylic acids is 1. The van der Waals surface area contributed by atoms with Gasteiger partial charge in [-0.05, 0) is 24.8 Å². The monoisotopic (exact) mass is 365 g/mol. The van der Waals surface area contributed by atoms with Crippen LogP contribution in [-0.4, -0.2) is 58.6 Å². The molecule has 0 amide bonds. The van der Waals surface area contributed by atoms with Crippen LogP contribution in [0.15, 0.2) is 5.11 Å². The quantitative estimate of drug-likeness (QED) is 0.282. The van der Waals surface area contributed by atoms with Crippen molar-refractivity contribution >= 4 is 23.9 Å². The van der Waals surface area contributed by atoms with E-state index >= 15 is 0 Å². The lowest BCUT2D eigenvalue weighted by molar-refractivity contribution is -0.162. The van der Waals surface area contributed by atoms with Crippen molar-refractivity contribution in [3.63, 3.8) is 0 Å². The van der Waals surface area contributed by atoms with Crippen molar-refractivity contribution in [3.05, 3.63) is 10.4 Å². The van der Waals surface area contributed by atoms with E-state index in [9.17, 15) is 4.79 Å². The van der Waals surface area contributed by atoms with Crippen LogP contribution in [0.1, 0.15) is 40.0 Å². The number of hydrogen-bond donors (Lipinski definition) is 3. The summed E-state index contributed by atoms with van der Waals surface area (Å²) in [6.07, 6.45) is 1.00. The van der Waals surface area contributed by atoms with Gasteiger partial charge in [0.25, 0.3) is 17.9 Å². The summed E-state index contributed by atoms with van der Waals surface area (Å²) in [6, 6.07) is 0. The number of nitrogens with zero attached hydrogens (tertiary/aromatic N) is 3. The molecule has 12 heteroatoms. The van der Waals surface area contributed by atoms with Gasteiger partial charge in [-0.2, -0.15) is 0 Å². The van der Waals surface area contributed by atoms with Crippen molar-refractivity contribution in [2.75, 3.05) is 7.11 Å². The maximum atomic E-state index is 11.0. The SMILES string of the molecule is CC(=O)O.CC(=O)O.CC(=O)O.COC(=O)[C@@H]1CCC[C@H](N=[N+]=[N-])O1. The van der Waals surface area contributed by atoms with Crippen molar-refractivity contribution in [3.8, 4) is 0 Å². The van der Waals surface area contributed by atoms with Crippen LogP contribution in [0, 0.1) is 0 Å². The lowest BCUT2D eigenvalue weighted by atomic mass is 10.1. The Morgan fingerprint density at radius 2 is 1.44 bits per heavy atom. The standard InChI is InChI=1S/C7H11N3O3.3C2H4O2/c1-12-7(11)5-3-2-4-6(13-5)9-10-8;3*1-2(3)4/h5-6H,2-4H2,1H3;3*1H3,(H,3,4)/t5-,6+;;;/m0.../s1. The molecule has 1 saturated heterocycles. The Bertz CT molecular complexity index is 435. The zero-order chi connectivity index (χ0) is 20.4. The van der Waals surface area contributed by atoms with Crippen LogP contribution in [0.4, 0.5) is 0 Å². The molecule has 25 heavy (non-hydrogen) atoms. The van der Waals surface area contributed by atoms with E-state index in [2.05, 4.69) is 14.8 Å². The van der Waals surface area contributed by atoms with E-state index in [0.29, 0.717) is 12.8 Å². The average molecular weight is 365 g/mol. The molecule has 1 aliphatic rings. The van der Waals surface area contributed by atoms with Crippen LogP contribution in [0.3, 0.4) is 0 Å².